The van der Waals surface area contributed by atoms with Crippen LogP contribution in [0.15, 0.2) is 23.3 Å². The van der Waals surface area contributed by atoms with Gasteiger partial charge in [-0.15, -0.1) is 0 Å². The summed E-state index contributed by atoms with van der Waals surface area (Å²) in [5.41, 5.74) is 2.29. The fraction of sp³-hybridized carbons (Fsp3) is 0.462. The first kappa shape index (κ1) is 12.1. The Balaban J connectivity index is 1.65. The average molecular weight is 259 g/mol. The summed E-state index contributed by atoms with van der Waals surface area (Å²) in [6.07, 6.45) is 5.53. The minimum absolute atomic E-state index is 0.0129. The summed E-state index contributed by atoms with van der Waals surface area (Å²) in [4.78, 5) is 18.4. The first-order chi connectivity index (χ1) is 9.33. The Morgan fingerprint density at radius 1 is 1.42 bits per heavy atom. The van der Waals surface area contributed by atoms with Gasteiger partial charge in [0, 0.05) is 30.8 Å². The number of fused-ring (bicyclic) bond motifs is 1. The van der Waals surface area contributed by atoms with E-state index in [1.807, 2.05) is 6.07 Å². The SMILES string of the molecule is O=c1ccc2c([nH]1)CCCC2NCCc1ncn[nH]1. The van der Waals surface area contributed by atoms with Crippen molar-refractivity contribution in [3.05, 3.63) is 45.9 Å². The third kappa shape index (κ3) is 2.73. The predicted molar refractivity (Wildman–Crippen MR) is 70.8 cm³/mol. The molecule has 0 radical (unpaired) electrons. The molecule has 3 rings (SSSR count). The number of rotatable bonds is 4. The second-order valence-corrected chi connectivity index (χ2v) is 4.84. The Hall–Kier alpha value is -1.95. The molecule has 19 heavy (non-hydrogen) atoms. The second kappa shape index (κ2) is 5.36. The molecule has 1 aliphatic rings. The van der Waals surface area contributed by atoms with Crippen LogP contribution < -0.4 is 10.9 Å². The molecule has 6 heteroatoms. The van der Waals surface area contributed by atoms with E-state index in [0.29, 0.717) is 6.04 Å². The normalized spacial score (nSPS) is 18.2. The predicted octanol–water partition coefficient (Wildman–Crippen LogP) is 0.703. The zero-order valence-corrected chi connectivity index (χ0v) is 10.6. The number of H-pyrrole nitrogens is 2. The summed E-state index contributed by atoms with van der Waals surface area (Å²) in [6.45, 7) is 0.846. The molecule has 1 atom stereocenters. The number of aryl methyl sites for hydroxylation is 1. The van der Waals surface area contributed by atoms with E-state index < -0.39 is 0 Å². The Morgan fingerprint density at radius 3 is 3.21 bits per heavy atom. The van der Waals surface area contributed by atoms with Gasteiger partial charge in [0.15, 0.2) is 0 Å². The molecule has 0 bridgehead atoms. The van der Waals surface area contributed by atoms with E-state index in [2.05, 4.69) is 25.5 Å². The van der Waals surface area contributed by atoms with Gasteiger partial charge in [0.1, 0.15) is 12.2 Å². The lowest BCUT2D eigenvalue weighted by atomic mass is 9.91. The molecule has 3 N–H and O–H groups in total. The van der Waals surface area contributed by atoms with Gasteiger partial charge >= 0.3 is 0 Å². The fourth-order valence-corrected chi connectivity index (χ4v) is 2.63. The summed E-state index contributed by atoms with van der Waals surface area (Å²) in [5.74, 6) is 0.894. The van der Waals surface area contributed by atoms with Crippen LogP contribution in [0.1, 0.15) is 36.0 Å². The smallest absolute Gasteiger partial charge is 0.248 e. The largest absolute Gasteiger partial charge is 0.326 e. The maximum atomic E-state index is 11.3. The molecular weight excluding hydrogens is 242 g/mol. The molecule has 0 fully saturated rings. The highest BCUT2D eigenvalue weighted by Gasteiger charge is 2.20. The Kier molecular flexibility index (Phi) is 3.41. The molecule has 1 unspecified atom stereocenters. The van der Waals surface area contributed by atoms with Crippen molar-refractivity contribution in [2.75, 3.05) is 6.54 Å². The number of hydrogen-bond acceptors (Lipinski definition) is 4. The van der Waals surface area contributed by atoms with Crippen LogP contribution in [-0.4, -0.2) is 26.7 Å². The highest BCUT2D eigenvalue weighted by Crippen LogP contribution is 2.27. The van der Waals surface area contributed by atoms with Crippen molar-refractivity contribution in [2.24, 2.45) is 0 Å². The van der Waals surface area contributed by atoms with Crippen molar-refractivity contribution in [1.29, 1.82) is 0 Å². The van der Waals surface area contributed by atoms with Crippen LogP contribution in [0.3, 0.4) is 0 Å². The minimum atomic E-state index is -0.0129. The summed E-state index contributed by atoms with van der Waals surface area (Å²) >= 11 is 0. The lowest BCUT2D eigenvalue weighted by molar-refractivity contribution is 0.455. The molecule has 0 saturated heterocycles. The van der Waals surface area contributed by atoms with Crippen molar-refractivity contribution < 1.29 is 0 Å². The van der Waals surface area contributed by atoms with E-state index in [9.17, 15) is 4.79 Å². The number of aromatic amines is 2. The molecule has 0 aliphatic heterocycles. The van der Waals surface area contributed by atoms with Crippen LogP contribution >= 0.6 is 0 Å². The third-order valence-corrected chi connectivity index (χ3v) is 3.55. The van der Waals surface area contributed by atoms with Crippen molar-refractivity contribution in [3.63, 3.8) is 0 Å². The topological polar surface area (TPSA) is 86.5 Å². The zero-order chi connectivity index (χ0) is 13.1. The van der Waals surface area contributed by atoms with Gasteiger partial charge in [-0.05, 0) is 24.8 Å². The van der Waals surface area contributed by atoms with Crippen LogP contribution in [0.5, 0.6) is 0 Å². The minimum Gasteiger partial charge on any atom is -0.326 e. The summed E-state index contributed by atoms with van der Waals surface area (Å²) < 4.78 is 0. The first-order valence-corrected chi connectivity index (χ1v) is 6.62. The number of nitrogens with one attached hydrogen (secondary N) is 3. The number of aromatic nitrogens is 4. The summed E-state index contributed by atoms with van der Waals surface area (Å²) in [7, 11) is 0. The van der Waals surface area contributed by atoms with Gasteiger partial charge in [-0.2, -0.15) is 5.10 Å². The lowest BCUT2D eigenvalue weighted by Gasteiger charge is -2.25. The standard InChI is InChI=1S/C13H17N5O/c19-13-5-4-9-10(2-1-3-11(9)17-13)14-7-6-12-15-8-16-18-12/h4-5,8,10,14H,1-3,6-7H2,(H,17,19)(H,15,16,18). The molecule has 2 heterocycles. The highest BCUT2D eigenvalue weighted by molar-refractivity contribution is 5.26. The van der Waals surface area contributed by atoms with Gasteiger partial charge in [-0.25, -0.2) is 4.98 Å². The van der Waals surface area contributed by atoms with Gasteiger partial charge in [0.05, 0.1) is 0 Å². The van der Waals surface area contributed by atoms with Gasteiger partial charge in [0.2, 0.25) is 5.56 Å². The second-order valence-electron chi connectivity index (χ2n) is 4.84. The maximum absolute atomic E-state index is 11.3. The first-order valence-electron chi connectivity index (χ1n) is 6.62. The van der Waals surface area contributed by atoms with Crippen LogP contribution in [0.4, 0.5) is 0 Å². The van der Waals surface area contributed by atoms with Gasteiger partial charge in [0.25, 0.3) is 0 Å². The summed E-state index contributed by atoms with van der Waals surface area (Å²) in [6, 6.07) is 3.87. The number of pyridine rings is 1. The monoisotopic (exact) mass is 259 g/mol. The molecular formula is C13H17N5O. The van der Waals surface area contributed by atoms with Gasteiger partial charge < -0.3 is 10.3 Å². The molecule has 0 spiro atoms. The molecule has 2 aromatic heterocycles. The maximum Gasteiger partial charge on any atom is 0.248 e. The van der Waals surface area contributed by atoms with E-state index in [4.69, 9.17) is 0 Å². The molecule has 6 nitrogen and oxygen atoms in total. The van der Waals surface area contributed by atoms with Gasteiger partial charge in [-0.3, -0.25) is 9.89 Å². The van der Waals surface area contributed by atoms with Crippen LogP contribution in [-0.2, 0) is 12.8 Å². The molecule has 2 aromatic rings. The van der Waals surface area contributed by atoms with Crippen molar-refractivity contribution in [1.82, 2.24) is 25.5 Å². The molecule has 1 aliphatic carbocycles. The van der Waals surface area contributed by atoms with Crippen molar-refractivity contribution >= 4 is 0 Å². The van der Waals surface area contributed by atoms with Gasteiger partial charge in [-0.1, -0.05) is 6.07 Å². The molecule has 0 saturated carbocycles. The van der Waals surface area contributed by atoms with Crippen LogP contribution in [0.2, 0.25) is 0 Å². The average Bonchev–Trinajstić information content (AvgIpc) is 2.92. The van der Waals surface area contributed by atoms with E-state index in [0.717, 1.165) is 43.7 Å². The summed E-state index contributed by atoms with van der Waals surface area (Å²) in [5, 5.41) is 10.2. The van der Waals surface area contributed by atoms with E-state index >= 15 is 0 Å². The highest BCUT2D eigenvalue weighted by atomic mass is 16.1. The van der Waals surface area contributed by atoms with Crippen molar-refractivity contribution in [2.45, 2.75) is 31.7 Å². The Bertz CT molecular complexity index is 589. The lowest BCUT2D eigenvalue weighted by Crippen LogP contribution is -2.29. The van der Waals surface area contributed by atoms with Crippen LogP contribution in [0, 0.1) is 0 Å². The zero-order valence-electron chi connectivity index (χ0n) is 10.6. The van der Waals surface area contributed by atoms with E-state index in [1.165, 1.54) is 11.9 Å². The molecule has 100 valence electrons. The van der Waals surface area contributed by atoms with E-state index in [1.54, 1.807) is 6.07 Å². The van der Waals surface area contributed by atoms with E-state index in [-0.39, 0.29) is 5.56 Å². The Labute approximate surface area is 110 Å². The quantitative estimate of drug-likeness (QED) is 0.754. The molecule has 0 amide bonds. The number of hydrogen-bond donors (Lipinski definition) is 3. The van der Waals surface area contributed by atoms with Crippen LogP contribution in [0.25, 0.3) is 0 Å². The van der Waals surface area contributed by atoms with Crippen molar-refractivity contribution in [3.8, 4) is 0 Å². The number of nitrogens with zero attached hydrogens (tertiary/aromatic N) is 2. The fourth-order valence-electron chi connectivity index (χ4n) is 2.63. The third-order valence-electron chi connectivity index (χ3n) is 3.55. The molecule has 0 aromatic carbocycles. The Morgan fingerprint density at radius 2 is 2.37 bits per heavy atom.